The molecule has 0 aliphatic carbocycles. The third kappa shape index (κ3) is 3.83. The van der Waals surface area contributed by atoms with E-state index >= 15 is 0 Å². The van der Waals surface area contributed by atoms with Crippen molar-refractivity contribution in [2.45, 2.75) is 13.0 Å². The first-order valence-corrected chi connectivity index (χ1v) is 9.58. The van der Waals surface area contributed by atoms with Crippen LogP contribution in [0.2, 0.25) is 5.02 Å². The van der Waals surface area contributed by atoms with Crippen LogP contribution in [-0.4, -0.2) is 26.6 Å². The van der Waals surface area contributed by atoms with Crippen LogP contribution in [0.4, 0.5) is 10.3 Å². The largest absolute Gasteiger partial charge is 0.481 e. The molecule has 1 N–H and O–H groups in total. The van der Waals surface area contributed by atoms with Crippen molar-refractivity contribution in [3.63, 3.8) is 0 Å². The predicted octanol–water partition coefficient (Wildman–Crippen LogP) is 4.66. The van der Waals surface area contributed by atoms with Crippen LogP contribution < -0.4 is 10.1 Å². The van der Waals surface area contributed by atoms with Crippen LogP contribution >= 0.6 is 22.9 Å². The molecule has 0 bridgehead atoms. The fourth-order valence-corrected chi connectivity index (χ4v) is 3.49. The van der Waals surface area contributed by atoms with Crippen LogP contribution in [0.25, 0.3) is 16.2 Å². The minimum absolute atomic E-state index is 0.173. The van der Waals surface area contributed by atoms with Gasteiger partial charge in [-0.1, -0.05) is 11.6 Å². The Balaban J connectivity index is 1.49. The molecule has 0 saturated carbocycles. The highest BCUT2D eigenvalue weighted by Gasteiger charge is 2.18. The Morgan fingerprint density at radius 3 is 2.64 bits per heavy atom. The lowest BCUT2D eigenvalue weighted by Gasteiger charge is -2.13. The molecule has 1 unspecified atom stereocenters. The lowest BCUT2D eigenvalue weighted by Crippen LogP contribution is -2.30. The molecule has 0 aliphatic heterocycles. The quantitative estimate of drug-likeness (QED) is 0.514. The Hall–Kier alpha value is -2.97. The Labute approximate surface area is 168 Å². The van der Waals surface area contributed by atoms with Crippen LogP contribution in [0.15, 0.2) is 53.9 Å². The second-order valence-corrected chi connectivity index (χ2v) is 7.23. The second kappa shape index (κ2) is 7.57. The van der Waals surface area contributed by atoms with Crippen molar-refractivity contribution < 1.29 is 13.9 Å². The van der Waals surface area contributed by atoms with Gasteiger partial charge >= 0.3 is 0 Å². The van der Waals surface area contributed by atoms with E-state index in [1.807, 2.05) is 5.38 Å². The summed E-state index contributed by atoms with van der Waals surface area (Å²) in [5.74, 6) is 0.0178. The van der Waals surface area contributed by atoms with Gasteiger partial charge in [-0.15, -0.1) is 16.4 Å². The maximum Gasteiger partial charge on any atom is 0.267 e. The highest BCUT2D eigenvalue weighted by atomic mass is 35.5. The molecule has 0 saturated heterocycles. The lowest BCUT2D eigenvalue weighted by molar-refractivity contribution is -0.122. The fraction of sp³-hybridized carbons (Fsp3) is 0.105. The van der Waals surface area contributed by atoms with Gasteiger partial charge in [-0.2, -0.15) is 4.98 Å². The number of carbonyl (C=O) groups excluding carboxylic acids is 1. The summed E-state index contributed by atoms with van der Waals surface area (Å²) in [4.78, 5) is 17.3. The number of halogens is 2. The van der Waals surface area contributed by atoms with Gasteiger partial charge in [-0.05, 0) is 55.5 Å². The molecule has 9 heteroatoms. The summed E-state index contributed by atoms with van der Waals surface area (Å²) in [6, 6.07) is 12.8. The van der Waals surface area contributed by atoms with Crippen molar-refractivity contribution in [3.8, 4) is 17.0 Å². The highest BCUT2D eigenvalue weighted by Crippen LogP contribution is 2.26. The second-order valence-electron chi connectivity index (χ2n) is 5.96. The lowest BCUT2D eigenvalue weighted by atomic mass is 10.2. The van der Waals surface area contributed by atoms with Crippen molar-refractivity contribution in [1.29, 1.82) is 0 Å². The first kappa shape index (κ1) is 18.4. The molecule has 1 amide bonds. The number of rotatable bonds is 5. The first-order valence-electron chi connectivity index (χ1n) is 8.33. The monoisotopic (exact) mass is 416 g/mol. The van der Waals surface area contributed by atoms with Crippen molar-refractivity contribution >= 4 is 39.8 Å². The smallest absolute Gasteiger partial charge is 0.267 e. The molecule has 2 heterocycles. The summed E-state index contributed by atoms with van der Waals surface area (Å²) in [7, 11) is 0. The zero-order chi connectivity index (χ0) is 19.7. The van der Waals surface area contributed by atoms with E-state index in [4.69, 9.17) is 16.3 Å². The third-order valence-electron chi connectivity index (χ3n) is 3.95. The van der Waals surface area contributed by atoms with Gasteiger partial charge in [0, 0.05) is 16.0 Å². The normalized spacial score (nSPS) is 12.1. The van der Waals surface area contributed by atoms with Gasteiger partial charge in [-0.3, -0.25) is 10.1 Å². The van der Waals surface area contributed by atoms with Gasteiger partial charge in [-0.25, -0.2) is 8.91 Å². The molecule has 6 nitrogen and oxygen atoms in total. The number of carbonyl (C=O) groups is 1. The number of thiazole rings is 1. The van der Waals surface area contributed by atoms with E-state index < -0.39 is 6.10 Å². The number of hydrogen-bond acceptors (Lipinski definition) is 5. The number of ether oxygens (including phenoxy) is 1. The number of hydrogen-bond donors (Lipinski definition) is 1. The number of aromatic nitrogens is 3. The molecular formula is C19H14ClFN4O2S. The summed E-state index contributed by atoms with van der Waals surface area (Å²) < 4.78 is 20.3. The summed E-state index contributed by atoms with van der Waals surface area (Å²) in [6.45, 7) is 1.63. The van der Waals surface area contributed by atoms with E-state index in [0.29, 0.717) is 15.7 Å². The van der Waals surface area contributed by atoms with Crippen molar-refractivity contribution in [2.24, 2.45) is 0 Å². The molecular weight excluding hydrogens is 403 g/mol. The number of anilines is 1. The van der Waals surface area contributed by atoms with Gasteiger partial charge in [0.1, 0.15) is 11.6 Å². The van der Waals surface area contributed by atoms with E-state index in [1.165, 1.54) is 23.5 Å². The molecule has 2 aromatic carbocycles. The Morgan fingerprint density at radius 2 is 1.93 bits per heavy atom. The van der Waals surface area contributed by atoms with Crippen molar-refractivity contribution in [1.82, 2.24) is 14.6 Å². The van der Waals surface area contributed by atoms with E-state index in [2.05, 4.69) is 15.4 Å². The minimum Gasteiger partial charge on any atom is -0.481 e. The predicted molar refractivity (Wildman–Crippen MR) is 106 cm³/mol. The van der Waals surface area contributed by atoms with Crippen LogP contribution in [0.5, 0.6) is 5.75 Å². The van der Waals surface area contributed by atoms with Crippen LogP contribution in [-0.2, 0) is 4.79 Å². The summed E-state index contributed by atoms with van der Waals surface area (Å²) in [5.41, 5.74) is 1.56. The molecule has 0 spiro atoms. The first-order chi connectivity index (χ1) is 13.5. The third-order valence-corrected chi connectivity index (χ3v) is 5.02. The summed E-state index contributed by atoms with van der Waals surface area (Å²) in [5, 5.41) is 9.44. The summed E-state index contributed by atoms with van der Waals surface area (Å²) in [6.07, 6.45) is -0.751. The number of nitrogens with one attached hydrogen (secondary N) is 1. The Kier molecular flexibility index (Phi) is 4.97. The topological polar surface area (TPSA) is 68.5 Å². The van der Waals surface area contributed by atoms with Crippen LogP contribution in [0.3, 0.4) is 0 Å². The van der Waals surface area contributed by atoms with Crippen LogP contribution in [0, 0.1) is 5.82 Å². The maximum atomic E-state index is 13.1. The highest BCUT2D eigenvalue weighted by molar-refractivity contribution is 7.15. The fourth-order valence-electron chi connectivity index (χ4n) is 2.54. The Morgan fingerprint density at radius 1 is 1.21 bits per heavy atom. The van der Waals surface area contributed by atoms with Crippen LogP contribution in [0.1, 0.15) is 6.92 Å². The van der Waals surface area contributed by atoms with E-state index in [0.717, 1.165) is 11.3 Å². The zero-order valence-corrected chi connectivity index (χ0v) is 16.2. The van der Waals surface area contributed by atoms with Gasteiger partial charge in [0.2, 0.25) is 4.96 Å². The molecule has 4 rings (SSSR count). The number of benzene rings is 2. The number of nitrogens with zero attached hydrogens (tertiary/aromatic N) is 3. The van der Waals surface area contributed by atoms with Crippen molar-refractivity contribution in [3.05, 3.63) is 64.8 Å². The van der Waals surface area contributed by atoms with Gasteiger partial charge < -0.3 is 4.74 Å². The SMILES string of the molecule is CC(Oc1ccc(Cl)cc1)C(=O)Nc1nc2scc(-c3ccc(F)cc3)n2n1. The van der Waals surface area contributed by atoms with Gasteiger partial charge in [0.15, 0.2) is 6.10 Å². The van der Waals surface area contributed by atoms with Crippen molar-refractivity contribution in [2.75, 3.05) is 5.32 Å². The standard InChI is InChI=1S/C19H14ClFN4O2S/c1-11(27-15-8-4-13(20)5-9-15)17(26)22-18-23-19-25(24-18)16(10-28-19)12-2-6-14(21)7-3-12/h2-11H,1H3,(H,22,24,26). The van der Waals surface area contributed by atoms with Gasteiger partial charge in [0.05, 0.1) is 5.69 Å². The molecule has 28 heavy (non-hydrogen) atoms. The van der Waals surface area contributed by atoms with E-state index in [9.17, 15) is 9.18 Å². The minimum atomic E-state index is -0.751. The molecule has 4 aromatic rings. The van der Waals surface area contributed by atoms with E-state index in [1.54, 1.807) is 47.8 Å². The number of fused-ring (bicyclic) bond motifs is 1. The summed E-state index contributed by atoms with van der Waals surface area (Å²) >= 11 is 7.21. The molecule has 0 aliphatic rings. The maximum absolute atomic E-state index is 13.1. The molecule has 2 aromatic heterocycles. The Bertz CT molecular complexity index is 1130. The molecule has 1 atom stereocenters. The van der Waals surface area contributed by atoms with Gasteiger partial charge in [0.25, 0.3) is 11.9 Å². The average Bonchev–Trinajstić information content (AvgIpc) is 3.24. The number of amides is 1. The average molecular weight is 417 g/mol. The molecule has 0 radical (unpaired) electrons. The molecule has 0 fully saturated rings. The van der Waals surface area contributed by atoms with E-state index in [-0.39, 0.29) is 17.7 Å². The zero-order valence-electron chi connectivity index (χ0n) is 14.6. The molecule has 142 valence electrons.